The minimum Gasteiger partial charge on any atom is -0.496 e. The fourth-order valence-electron chi connectivity index (χ4n) is 3.71. The Morgan fingerprint density at radius 2 is 1.66 bits per heavy atom. The Bertz CT molecular complexity index is 1010. The Hall–Kier alpha value is -3.28. The van der Waals surface area contributed by atoms with E-state index in [-0.39, 0.29) is 0 Å². The highest BCUT2D eigenvalue weighted by atomic mass is 19.1. The van der Waals surface area contributed by atoms with Crippen molar-refractivity contribution in [3.63, 3.8) is 0 Å². The molecule has 1 N–H and O–H groups in total. The molecule has 0 fully saturated rings. The molecule has 6 heteroatoms. The standard InChI is InChI=1S/C23H23FO5/c1-12-17(11-19-20(28-4)9-15(27-3)10-21(19)29-5)16-7-6-14(24)8-18(16)22(12)13(2)23(25)26/h6-11,13H,1-5H3,(H,25,26). The third kappa shape index (κ3) is 3.58. The minimum atomic E-state index is -0.963. The molecular formula is C23H23FO5. The Morgan fingerprint density at radius 1 is 1.03 bits per heavy atom. The summed E-state index contributed by atoms with van der Waals surface area (Å²) in [6.07, 6.45) is 1.88. The van der Waals surface area contributed by atoms with Gasteiger partial charge in [0.1, 0.15) is 23.1 Å². The number of fused-ring (bicyclic) bond motifs is 1. The molecule has 0 radical (unpaired) electrons. The number of carbonyl (C=O) groups is 1. The molecule has 0 aliphatic heterocycles. The van der Waals surface area contributed by atoms with Crippen LogP contribution in [0, 0.1) is 11.7 Å². The van der Waals surface area contributed by atoms with Gasteiger partial charge in [0.25, 0.3) is 0 Å². The van der Waals surface area contributed by atoms with Gasteiger partial charge in [-0.3, -0.25) is 4.79 Å². The maximum absolute atomic E-state index is 14.0. The van der Waals surface area contributed by atoms with Crippen molar-refractivity contribution in [2.45, 2.75) is 13.8 Å². The van der Waals surface area contributed by atoms with Crippen molar-refractivity contribution in [2.75, 3.05) is 21.3 Å². The van der Waals surface area contributed by atoms with Gasteiger partial charge in [-0.05, 0) is 59.9 Å². The molecule has 5 nitrogen and oxygen atoms in total. The third-order valence-corrected chi connectivity index (χ3v) is 5.22. The predicted octanol–water partition coefficient (Wildman–Crippen LogP) is 4.90. The lowest BCUT2D eigenvalue weighted by Crippen LogP contribution is -2.11. The molecule has 0 amide bonds. The molecule has 0 saturated heterocycles. The molecular weight excluding hydrogens is 375 g/mol. The summed E-state index contributed by atoms with van der Waals surface area (Å²) in [5.41, 5.74) is 4.22. The van der Waals surface area contributed by atoms with Crippen LogP contribution in [0.4, 0.5) is 4.39 Å². The topological polar surface area (TPSA) is 65.0 Å². The number of hydrogen-bond donors (Lipinski definition) is 1. The first kappa shape index (κ1) is 20.5. The Labute approximate surface area is 169 Å². The molecule has 2 aromatic rings. The van der Waals surface area contributed by atoms with Gasteiger partial charge >= 0.3 is 5.97 Å². The number of ether oxygens (including phenoxy) is 3. The maximum Gasteiger partial charge on any atom is 0.310 e. The monoisotopic (exact) mass is 398 g/mol. The van der Waals surface area contributed by atoms with Crippen LogP contribution in [0.15, 0.2) is 35.9 Å². The smallest absolute Gasteiger partial charge is 0.310 e. The molecule has 0 aromatic heterocycles. The van der Waals surface area contributed by atoms with E-state index in [9.17, 15) is 14.3 Å². The number of rotatable bonds is 6. The number of methoxy groups -OCH3 is 3. The van der Waals surface area contributed by atoms with E-state index < -0.39 is 17.7 Å². The number of hydrogen-bond acceptors (Lipinski definition) is 4. The zero-order valence-electron chi connectivity index (χ0n) is 17.0. The molecule has 1 unspecified atom stereocenters. The molecule has 29 heavy (non-hydrogen) atoms. The Morgan fingerprint density at radius 3 is 2.17 bits per heavy atom. The molecule has 152 valence electrons. The fourth-order valence-corrected chi connectivity index (χ4v) is 3.71. The number of aliphatic carboxylic acids is 1. The van der Waals surface area contributed by atoms with E-state index in [0.717, 1.165) is 16.7 Å². The van der Waals surface area contributed by atoms with Crippen molar-refractivity contribution >= 4 is 23.2 Å². The van der Waals surface area contributed by atoms with E-state index >= 15 is 0 Å². The predicted molar refractivity (Wildman–Crippen MR) is 110 cm³/mol. The van der Waals surface area contributed by atoms with Crippen LogP contribution in [0.5, 0.6) is 17.2 Å². The zero-order chi connectivity index (χ0) is 21.3. The first-order chi connectivity index (χ1) is 13.8. The number of benzene rings is 2. The van der Waals surface area contributed by atoms with Crippen LogP contribution in [-0.2, 0) is 4.79 Å². The minimum absolute atomic E-state index is 0.410. The summed E-state index contributed by atoms with van der Waals surface area (Å²) in [6, 6.07) is 7.92. The number of carboxylic acid groups (broad SMARTS) is 1. The van der Waals surface area contributed by atoms with E-state index in [4.69, 9.17) is 14.2 Å². The second kappa shape index (κ2) is 7.99. The zero-order valence-corrected chi connectivity index (χ0v) is 17.0. The van der Waals surface area contributed by atoms with Crippen molar-refractivity contribution < 1.29 is 28.5 Å². The highest BCUT2D eigenvalue weighted by Gasteiger charge is 2.31. The van der Waals surface area contributed by atoms with Crippen LogP contribution in [0.25, 0.3) is 17.2 Å². The van der Waals surface area contributed by atoms with Crippen molar-refractivity contribution in [1.29, 1.82) is 0 Å². The number of halogens is 1. The summed E-state index contributed by atoms with van der Waals surface area (Å²) >= 11 is 0. The summed E-state index contributed by atoms with van der Waals surface area (Å²) in [6.45, 7) is 3.45. The summed E-state index contributed by atoms with van der Waals surface area (Å²) in [5, 5.41) is 9.55. The highest BCUT2D eigenvalue weighted by Crippen LogP contribution is 2.47. The van der Waals surface area contributed by atoms with Crippen LogP contribution in [-0.4, -0.2) is 32.4 Å². The molecule has 1 atom stereocenters. The quantitative estimate of drug-likeness (QED) is 0.750. The van der Waals surface area contributed by atoms with E-state index in [1.165, 1.54) is 12.1 Å². The molecule has 3 rings (SSSR count). The number of allylic oxidation sites excluding steroid dienone is 2. The van der Waals surface area contributed by atoms with E-state index in [1.807, 2.05) is 13.0 Å². The van der Waals surface area contributed by atoms with Crippen molar-refractivity contribution in [3.8, 4) is 17.2 Å². The van der Waals surface area contributed by atoms with Crippen LogP contribution < -0.4 is 14.2 Å². The van der Waals surface area contributed by atoms with Crippen LogP contribution >= 0.6 is 0 Å². The van der Waals surface area contributed by atoms with E-state index in [0.29, 0.717) is 33.9 Å². The van der Waals surface area contributed by atoms with Crippen molar-refractivity contribution in [2.24, 2.45) is 5.92 Å². The van der Waals surface area contributed by atoms with Gasteiger partial charge in [0.05, 0.1) is 32.8 Å². The summed E-state index contributed by atoms with van der Waals surface area (Å²) in [4.78, 5) is 11.7. The lowest BCUT2D eigenvalue weighted by atomic mass is 9.94. The molecule has 2 aromatic carbocycles. The first-order valence-corrected chi connectivity index (χ1v) is 9.08. The summed E-state index contributed by atoms with van der Waals surface area (Å²) in [7, 11) is 4.66. The van der Waals surface area contributed by atoms with Gasteiger partial charge in [0.2, 0.25) is 0 Å². The van der Waals surface area contributed by atoms with Gasteiger partial charge in [-0.25, -0.2) is 4.39 Å². The molecule has 1 aliphatic carbocycles. The Kier molecular flexibility index (Phi) is 5.64. The average Bonchev–Trinajstić information content (AvgIpc) is 2.97. The van der Waals surface area contributed by atoms with Gasteiger partial charge in [-0.15, -0.1) is 0 Å². The highest BCUT2D eigenvalue weighted by molar-refractivity contribution is 6.09. The first-order valence-electron chi connectivity index (χ1n) is 9.08. The summed E-state index contributed by atoms with van der Waals surface area (Å²) < 4.78 is 30.3. The fraction of sp³-hybridized carbons (Fsp3) is 0.261. The lowest BCUT2D eigenvalue weighted by Gasteiger charge is -2.14. The normalized spacial score (nSPS) is 15.3. The lowest BCUT2D eigenvalue weighted by molar-refractivity contribution is -0.139. The SMILES string of the molecule is COc1cc(OC)c(C=C2C(C)=C(C(C)C(=O)O)c3cc(F)ccc32)c(OC)c1. The third-order valence-electron chi connectivity index (χ3n) is 5.22. The molecule has 0 spiro atoms. The van der Waals surface area contributed by atoms with Gasteiger partial charge in [-0.2, -0.15) is 0 Å². The van der Waals surface area contributed by atoms with E-state index in [2.05, 4.69) is 0 Å². The van der Waals surface area contributed by atoms with Gasteiger partial charge < -0.3 is 19.3 Å². The average molecular weight is 398 g/mol. The van der Waals surface area contributed by atoms with Crippen LogP contribution in [0.3, 0.4) is 0 Å². The van der Waals surface area contributed by atoms with Crippen molar-refractivity contribution in [1.82, 2.24) is 0 Å². The van der Waals surface area contributed by atoms with Gasteiger partial charge in [0.15, 0.2) is 0 Å². The summed E-state index contributed by atoms with van der Waals surface area (Å²) in [5.74, 6) is -0.471. The van der Waals surface area contributed by atoms with Crippen molar-refractivity contribution in [3.05, 3.63) is 58.4 Å². The maximum atomic E-state index is 14.0. The molecule has 0 heterocycles. The van der Waals surface area contributed by atoms with E-state index in [1.54, 1.807) is 46.5 Å². The second-order valence-corrected chi connectivity index (χ2v) is 6.79. The molecule has 0 saturated carbocycles. The second-order valence-electron chi connectivity index (χ2n) is 6.79. The molecule has 0 bridgehead atoms. The van der Waals surface area contributed by atoms with Gasteiger partial charge in [-0.1, -0.05) is 6.07 Å². The van der Waals surface area contributed by atoms with Crippen LogP contribution in [0.2, 0.25) is 0 Å². The molecule has 1 aliphatic rings. The largest absolute Gasteiger partial charge is 0.496 e. The number of carboxylic acids is 1. The van der Waals surface area contributed by atoms with Gasteiger partial charge in [0, 0.05) is 12.1 Å². The Balaban J connectivity index is 2.29. The van der Waals surface area contributed by atoms with Crippen LogP contribution in [0.1, 0.15) is 30.5 Å².